The standard InChI is InChI=1S/C27H34N4O5S/c1-18-5-4-6-22-23(29-15-27(16-36-17-27)14-28-19(2)32)12-25(30-26(18)22)31-9-10-37(33,34)24-8-7-21(35-3)11-20(24)13-31/h4-8,11-12,33-34H,9-10,13-17H2,1-3H3,(H,28,32)(H,29,30). The first-order chi connectivity index (χ1) is 17.7. The van der Waals surface area contributed by atoms with Crippen LogP contribution in [-0.4, -0.2) is 65.7 Å². The van der Waals surface area contributed by atoms with Crippen molar-refractivity contribution in [3.05, 3.63) is 53.6 Å². The molecule has 9 nitrogen and oxygen atoms in total. The van der Waals surface area contributed by atoms with Crippen LogP contribution in [0.5, 0.6) is 5.75 Å². The van der Waals surface area contributed by atoms with Crippen LogP contribution in [0.3, 0.4) is 0 Å². The Kier molecular flexibility index (Phi) is 6.93. The van der Waals surface area contributed by atoms with Gasteiger partial charge in [0.15, 0.2) is 0 Å². The molecule has 0 saturated carbocycles. The highest BCUT2D eigenvalue weighted by Crippen LogP contribution is 2.52. The van der Waals surface area contributed by atoms with Gasteiger partial charge in [-0.15, -0.1) is 0 Å². The fourth-order valence-corrected chi connectivity index (χ4v) is 6.42. The maximum atomic E-state index is 11.5. The molecule has 3 heterocycles. The maximum absolute atomic E-state index is 11.5. The van der Waals surface area contributed by atoms with Crippen LogP contribution in [-0.2, 0) is 16.1 Å². The SMILES string of the molecule is COc1ccc2c(c1)CN(c1cc(NCC3(CNC(C)=O)COC3)c3cccc(C)c3n1)CCS2(O)O. The molecule has 2 aliphatic heterocycles. The molecule has 1 amide bonds. The predicted molar refractivity (Wildman–Crippen MR) is 147 cm³/mol. The Bertz CT molecular complexity index is 1330. The molecule has 1 fully saturated rings. The number of pyridine rings is 1. The van der Waals surface area contributed by atoms with E-state index in [-0.39, 0.29) is 17.1 Å². The van der Waals surface area contributed by atoms with Crippen molar-refractivity contribution in [2.45, 2.75) is 25.3 Å². The van der Waals surface area contributed by atoms with Gasteiger partial charge in [0, 0.05) is 50.2 Å². The van der Waals surface area contributed by atoms with Crippen LogP contribution in [0.1, 0.15) is 18.1 Å². The Morgan fingerprint density at radius 2 is 2.03 bits per heavy atom. The lowest BCUT2D eigenvalue weighted by Crippen LogP contribution is -2.54. The number of benzene rings is 2. The monoisotopic (exact) mass is 526 g/mol. The Hall–Kier alpha value is -3.05. The van der Waals surface area contributed by atoms with Crippen molar-refractivity contribution in [1.29, 1.82) is 0 Å². The number of methoxy groups -OCH3 is 1. The lowest BCUT2D eigenvalue weighted by Gasteiger charge is -2.41. The van der Waals surface area contributed by atoms with E-state index in [0.29, 0.717) is 50.0 Å². The van der Waals surface area contributed by atoms with Crippen molar-refractivity contribution in [1.82, 2.24) is 10.3 Å². The number of anilines is 2. The van der Waals surface area contributed by atoms with Crippen molar-refractivity contribution < 1.29 is 23.4 Å². The van der Waals surface area contributed by atoms with E-state index in [9.17, 15) is 13.9 Å². The molecular formula is C27H34N4O5S. The van der Waals surface area contributed by atoms with Gasteiger partial charge >= 0.3 is 0 Å². The molecule has 0 aliphatic carbocycles. The van der Waals surface area contributed by atoms with Crippen LogP contribution >= 0.6 is 10.6 Å². The molecule has 0 atom stereocenters. The zero-order chi connectivity index (χ0) is 26.2. The first-order valence-corrected chi connectivity index (χ1v) is 14.1. The van der Waals surface area contributed by atoms with E-state index < -0.39 is 10.6 Å². The second kappa shape index (κ2) is 10.0. The molecule has 3 aromatic rings. The lowest BCUT2D eigenvalue weighted by atomic mass is 9.85. The number of aromatic nitrogens is 1. The molecule has 1 aromatic heterocycles. The summed E-state index contributed by atoms with van der Waals surface area (Å²) >= 11 is 0. The third-order valence-corrected chi connectivity index (χ3v) is 9.02. The van der Waals surface area contributed by atoms with Gasteiger partial charge in [-0.05, 0) is 36.2 Å². The molecule has 1 saturated heterocycles. The van der Waals surface area contributed by atoms with Crippen LogP contribution in [0.15, 0.2) is 47.4 Å². The summed E-state index contributed by atoms with van der Waals surface area (Å²) in [5.41, 5.74) is 3.55. The van der Waals surface area contributed by atoms with Crippen molar-refractivity contribution in [2.24, 2.45) is 5.41 Å². The summed E-state index contributed by atoms with van der Waals surface area (Å²) in [5, 5.41) is 7.56. The topological polar surface area (TPSA) is 116 Å². The molecular weight excluding hydrogens is 492 g/mol. The number of carbonyl (C=O) groups excluding carboxylic acids is 1. The lowest BCUT2D eigenvalue weighted by molar-refractivity contribution is -0.125. The fourth-order valence-electron chi connectivity index (χ4n) is 4.89. The second-order valence-corrected chi connectivity index (χ2v) is 12.2. The first-order valence-electron chi connectivity index (χ1n) is 12.3. The molecule has 37 heavy (non-hydrogen) atoms. The smallest absolute Gasteiger partial charge is 0.216 e. The number of aryl methyl sites for hydroxylation is 1. The largest absolute Gasteiger partial charge is 0.497 e. The zero-order valence-electron chi connectivity index (χ0n) is 21.4. The van der Waals surface area contributed by atoms with Crippen LogP contribution in [0.4, 0.5) is 11.5 Å². The van der Waals surface area contributed by atoms with E-state index in [2.05, 4.69) is 21.6 Å². The summed E-state index contributed by atoms with van der Waals surface area (Å²) in [6.07, 6.45) is 0. The first kappa shape index (κ1) is 25.6. The summed E-state index contributed by atoms with van der Waals surface area (Å²) in [6, 6.07) is 13.5. The van der Waals surface area contributed by atoms with Crippen LogP contribution in [0.25, 0.3) is 10.9 Å². The van der Waals surface area contributed by atoms with E-state index in [0.717, 1.165) is 33.5 Å². The number of rotatable bonds is 7. The molecule has 0 spiro atoms. The second-order valence-electron chi connectivity index (χ2n) is 10.0. The average Bonchev–Trinajstić information content (AvgIpc) is 2.98. The van der Waals surface area contributed by atoms with Crippen molar-refractivity contribution in [3.63, 3.8) is 0 Å². The zero-order valence-corrected chi connectivity index (χ0v) is 22.2. The van der Waals surface area contributed by atoms with Crippen LogP contribution < -0.4 is 20.3 Å². The summed E-state index contributed by atoms with van der Waals surface area (Å²) in [7, 11) is -1.33. The van der Waals surface area contributed by atoms with Gasteiger partial charge in [0.1, 0.15) is 11.6 Å². The number of nitrogens with zero attached hydrogens (tertiary/aromatic N) is 2. The van der Waals surface area contributed by atoms with Crippen molar-refractivity contribution in [3.8, 4) is 5.75 Å². The van der Waals surface area contributed by atoms with Crippen LogP contribution in [0.2, 0.25) is 0 Å². The van der Waals surface area contributed by atoms with Gasteiger partial charge < -0.3 is 25.0 Å². The number of para-hydroxylation sites is 1. The molecule has 5 rings (SSSR count). The minimum Gasteiger partial charge on any atom is -0.497 e. The van der Waals surface area contributed by atoms with E-state index in [1.165, 1.54) is 6.92 Å². The molecule has 2 aromatic carbocycles. The molecule has 0 bridgehead atoms. The highest BCUT2D eigenvalue weighted by Gasteiger charge is 2.39. The molecule has 2 aliphatic rings. The van der Waals surface area contributed by atoms with Gasteiger partial charge in [-0.25, -0.2) is 4.98 Å². The highest BCUT2D eigenvalue weighted by molar-refractivity contribution is 8.24. The Balaban J connectivity index is 1.50. The Morgan fingerprint density at radius 3 is 2.73 bits per heavy atom. The van der Waals surface area contributed by atoms with Gasteiger partial charge in [-0.2, -0.15) is 10.6 Å². The molecule has 0 radical (unpaired) electrons. The number of hydrogen-bond acceptors (Lipinski definition) is 8. The van der Waals surface area contributed by atoms with E-state index in [1.807, 2.05) is 31.2 Å². The Morgan fingerprint density at radius 1 is 1.22 bits per heavy atom. The Labute approximate surface area is 218 Å². The summed E-state index contributed by atoms with van der Waals surface area (Å²) < 4.78 is 32.7. The number of carbonyl (C=O) groups is 1. The minimum absolute atomic E-state index is 0.0532. The summed E-state index contributed by atoms with van der Waals surface area (Å²) in [4.78, 5) is 19.2. The minimum atomic E-state index is -2.93. The van der Waals surface area contributed by atoms with Gasteiger partial charge in [0.05, 0.1) is 41.9 Å². The average molecular weight is 527 g/mol. The molecule has 198 valence electrons. The maximum Gasteiger partial charge on any atom is 0.216 e. The molecule has 4 N–H and O–H groups in total. The molecule has 10 heteroatoms. The van der Waals surface area contributed by atoms with Gasteiger partial charge in [-0.3, -0.25) is 13.9 Å². The van der Waals surface area contributed by atoms with E-state index in [4.69, 9.17) is 14.5 Å². The van der Waals surface area contributed by atoms with Gasteiger partial charge in [0.25, 0.3) is 0 Å². The van der Waals surface area contributed by atoms with Crippen molar-refractivity contribution >= 4 is 38.9 Å². The summed E-state index contributed by atoms with van der Waals surface area (Å²) in [5.74, 6) is 1.60. The predicted octanol–water partition coefficient (Wildman–Crippen LogP) is 4.25. The molecule has 0 unspecified atom stereocenters. The quantitative estimate of drug-likeness (QED) is 0.361. The third-order valence-electron chi connectivity index (χ3n) is 7.16. The number of fused-ring (bicyclic) bond motifs is 2. The number of nitrogens with one attached hydrogen (secondary N) is 2. The fraction of sp³-hybridized carbons (Fsp3) is 0.407. The normalized spacial score (nSPS) is 18.8. The highest BCUT2D eigenvalue weighted by atomic mass is 32.3. The van der Waals surface area contributed by atoms with Gasteiger partial charge in [-0.1, -0.05) is 18.2 Å². The van der Waals surface area contributed by atoms with Crippen molar-refractivity contribution in [2.75, 3.05) is 55.9 Å². The third kappa shape index (κ3) is 5.19. The summed E-state index contributed by atoms with van der Waals surface area (Å²) in [6.45, 7) is 6.84. The number of hydrogen-bond donors (Lipinski definition) is 4. The van der Waals surface area contributed by atoms with E-state index in [1.54, 1.807) is 19.2 Å². The van der Waals surface area contributed by atoms with E-state index >= 15 is 0 Å². The van der Waals surface area contributed by atoms with Gasteiger partial charge in [0.2, 0.25) is 5.91 Å². The number of amides is 1. The van der Waals surface area contributed by atoms with Crippen LogP contribution in [0, 0.1) is 12.3 Å². The number of ether oxygens (including phenoxy) is 2.